The highest BCUT2D eigenvalue weighted by Gasteiger charge is 2.23. The molecule has 5 nitrogen and oxygen atoms in total. The number of aromatic amines is 1. The Morgan fingerprint density at radius 1 is 1.38 bits per heavy atom. The smallest absolute Gasteiger partial charge is 0.256 e. The fraction of sp³-hybridized carbons (Fsp3) is 0.333. The second-order valence-electron chi connectivity index (χ2n) is 7.12. The molecule has 1 saturated heterocycles. The molecule has 134 valence electrons. The minimum atomic E-state index is 0.0123. The van der Waals surface area contributed by atoms with Crippen molar-refractivity contribution < 1.29 is 0 Å². The number of aromatic nitrogens is 3. The van der Waals surface area contributed by atoms with Gasteiger partial charge < -0.3 is 4.98 Å². The minimum absolute atomic E-state index is 0.0123. The number of nitrogens with zero attached hydrogens (tertiary/aromatic N) is 3. The topological polar surface area (TPSA) is 53.9 Å². The lowest BCUT2D eigenvalue weighted by molar-refractivity contribution is 0.198. The first-order chi connectivity index (χ1) is 12.6. The third kappa shape index (κ3) is 3.22. The second-order valence-corrected chi connectivity index (χ2v) is 7.12. The maximum atomic E-state index is 12.4. The van der Waals surface area contributed by atoms with Gasteiger partial charge in [0.2, 0.25) is 0 Å². The summed E-state index contributed by atoms with van der Waals surface area (Å²) in [6.07, 6.45) is 6.00. The summed E-state index contributed by atoms with van der Waals surface area (Å²) in [7, 11) is 0. The first kappa shape index (κ1) is 16.8. The summed E-state index contributed by atoms with van der Waals surface area (Å²) in [4.78, 5) is 18.0. The van der Waals surface area contributed by atoms with Crippen molar-refractivity contribution in [3.63, 3.8) is 0 Å². The predicted molar refractivity (Wildman–Crippen MR) is 105 cm³/mol. The standard InChI is InChI=1S/C21H24N4O/c1-3-25-14-18(15(2)23-25)13-24-10-6-8-17(12-24)20-11-16-7-4-5-9-19(16)21(26)22-20/h3-5,7,9,11,14,17H,1,6,8,10,12-13H2,2H3,(H,22,26)/t17-/m1/s1. The monoisotopic (exact) mass is 348 g/mol. The Morgan fingerprint density at radius 3 is 3.04 bits per heavy atom. The highest BCUT2D eigenvalue weighted by Crippen LogP contribution is 2.27. The van der Waals surface area contributed by atoms with E-state index < -0.39 is 0 Å². The highest BCUT2D eigenvalue weighted by molar-refractivity contribution is 5.81. The van der Waals surface area contributed by atoms with E-state index in [4.69, 9.17) is 0 Å². The van der Waals surface area contributed by atoms with Crippen molar-refractivity contribution in [2.45, 2.75) is 32.2 Å². The first-order valence-electron chi connectivity index (χ1n) is 9.15. The van der Waals surface area contributed by atoms with Crippen LogP contribution in [0.25, 0.3) is 17.0 Å². The maximum Gasteiger partial charge on any atom is 0.256 e. The Morgan fingerprint density at radius 2 is 2.23 bits per heavy atom. The first-order valence-corrected chi connectivity index (χ1v) is 9.15. The van der Waals surface area contributed by atoms with E-state index >= 15 is 0 Å². The third-order valence-electron chi connectivity index (χ3n) is 5.32. The number of fused-ring (bicyclic) bond motifs is 1. The molecule has 1 fully saturated rings. The second kappa shape index (κ2) is 6.92. The Bertz CT molecular complexity index is 1000. The van der Waals surface area contributed by atoms with Gasteiger partial charge in [-0.2, -0.15) is 5.10 Å². The van der Waals surface area contributed by atoms with Crippen molar-refractivity contribution in [3.8, 4) is 0 Å². The van der Waals surface area contributed by atoms with E-state index in [-0.39, 0.29) is 5.56 Å². The molecule has 1 atom stereocenters. The van der Waals surface area contributed by atoms with E-state index in [1.165, 1.54) is 5.56 Å². The van der Waals surface area contributed by atoms with E-state index in [0.29, 0.717) is 5.92 Å². The molecule has 3 heterocycles. The van der Waals surface area contributed by atoms with Crippen LogP contribution in [0.3, 0.4) is 0 Å². The fourth-order valence-corrected chi connectivity index (χ4v) is 3.91. The molecule has 0 radical (unpaired) electrons. The zero-order valence-electron chi connectivity index (χ0n) is 15.1. The molecule has 0 spiro atoms. The van der Waals surface area contributed by atoms with E-state index in [0.717, 1.165) is 54.6 Å². The molecule has 3 aromatic rings. The van der Waals surface area contributed by atoms with Gasteiger partial charge in [-0.15, -0.1) is 0 Å². The van der Waals surface area contributed by atoms with Gasteiger partial charge in [-0.25, -0.2) is 4.68 Å². The summed E-state index contributed by atoms with van der Waals surface area (Å²) in [6.45, 7) is 8.72. The van der Waals surface area contributed by atoms with E-state index in [1.807, 2.05) is 37.4 Å². The Labute approximate surface area is 153 Å². The molecule has 4 rings (SSSR count). The van der Waals surface area contributed by atoms with Crippen molar-refractivity contribution in [2.75, 3.05) is 13.1 Å². The van der Waals surface area contributed by atoms with Crippen LogP contribution in [0.4, 0.5) is 0 Å². The average molecular weight is 348 g/mol. The summed E-state index contributed by atoms with van der Waals surface area (Å²) in [6, 6.07) is 9.93. The fourth-order valence-electron chi connectivity index (χ4n) is 3.91. The number of rotatable bonds is 4. The number of hydrogen-bond donors (Lipinski definition) is 1. The molecule has 1 aliphatic rings. The van der Waals surface area contributed by atoms with Crippen molar-refractivity contribution in [3.05, 3.63) is 70.4 Å². The molecule has 5 heteroatoms. The molecular weight excluding hydrogens is 324 g/mol. The van der Waals surface area contributed by atoms with E-state index in [1.54, 1.807) is 10.9 Å². The van der Waals surface area contributed by atoms with Crippen LogP contribution in [0.5, 0.6) is 0 Å². The van der Waals surface area contributed by atoms with Crippen molar-refractivity contribution in [2.24, 2.45) is 0 Å². The Kier molecular flexibility index (Phi) is 4.47. The number of likely N-dealkylation sites (tertiary alicyclic amines) is 1. The van der Waals surface area contributed by atoms with Gasteiger partial charge in [0, 0.05) is 48.0 Å². The van der Waals surface area contributed by atoms with Gasteiger partial charge in [-0.1, -0.05) is 24.8 Å². The number of H-pyrrole nitrogens is 1. The highest BCUT2D eigenvalue weighted by atomic mass is 16.1. The van der Waals surface area contributed by atoms with E-state index in [2.05, 4.69) is 27.6 Å². The van der Waals surface area contributed by atoms with Gasteiger partial charge in [0.1, 0.15) is 0 Å². The quantitative estimate of drug-likeness (QED) is 0.785. The molecule has 26 heavy (non-hydrogen) atoms. The molecule has 1 N–H and O–H groups in total. The maximum absolute atomic E-state index is 12.4. The van der Waals surface area contributed by atoms with Crippen molar-refractivity contribution in [1.82, 2.24) is 19.7 Å². The van der Waals surface area contributed by atoms with Gasteiger partial charge in [0.15, 0.2) is 0 Å². The number of nitrogens with one attached hydrogen (secondary N) is 1. The largest absolute Gasteiger partial charge is 0.325 e. The minimum Gasteiger partial charge on any atom is -0.325 e. The number of piperidine rings is 1. The number of pyridine rings is 1. The summed E-state index contributed by atoms with van der Waals surface area (Å²) < 4.78 is 1.77. The number of aryl methyl sites for hydroxylation is 1. The van der Waals surface area contributed by atoms with Gasteiger partial charge in [0.05, 0.1) is 5.69 Å². The van der Waals surface area contributed by atoms with Crippen LogP contribution in [0.1, 0.15) is 35.7 Å². The molecule has 2 aromatic heterocycles. The summed E-state index contributed by atoms with van der Waals surface area (Å²) in [5, 5.41) is 6.22. The van der Waals surface area contributed by atoms with Gasteiger partial charge in [0.25, 0.3) is 5.56 Å². The third-order valence-corrected chi connectivity index (χ3v) is 5.32. The molecule has 0 amide bonds. The lowest BCUT2D eigenvalue weighted by Gasteiger charge is -2.32. The molecule has 0 unspecified atom stereocenters. The van der Waals surface area contributed by atoms with Crippen molar-refractivity contribution in [1.29, 1.82) is 0 Å². The normalized spacial score (nSPS) is 18.3. The number of benzene rings is 1. The lowest BCUT2D eigenvalue weighted by Crippen LogP contribution is -2.34. The molecule has 1 aromatic carbocycles. The number of hydrogen-bond acceptors (Lipinski definition) is 3. The van der Waals surface area contributed by atoms with Crippen LogP contribution in [0.2, 0.25) is 0 Å². The van der Waals surface area contributed by atoms with Gasteiger partial charge in [-0.3, -0.25) is 9.69 Å². The molecule has 0 aliphatic carbocycles. The molecule has 1 aliphatic heterocycles. The summed E-state index contributed by atoms with van der Waals surface area (Å²) >= 11 is 0. The zero-order valence-corrected chi connectivity index (χ0v) is 15.1. The van der Waals surface area contributed by atoms with Gasteiger partial charge >= 0.3 is 0 Å². The van der Waals surface area contributed by atoms with Crippen LogP contribution in [0, 0.1) is 6.92 Å². The lowest BCUT2D eigenvalue weighted by atomic mass is 9.93. The average Bonchev–Trinajstić information content (AvgIpc) is 3.02. The summed E-state index contributed by atoms with van der Waals surface area (Å²) in [5.41, 5.74) is 3.35. The summed E-state index contributed by atoms with van der Waals surface area (Å²) in [5.74, 6) is 0.357. The molecular formula is C21H24N4O. The Hall–Kier alpha value is -2.66. The van der Waals surface area contributed by atoms with Crippen molar-refractivity contribution >= 4 is 17.0 Å². The van der Waals surface area contributed by atoms with Gasteiger partial charge in [-0.05, 0) is 43.8 Å². The molecule has 0 bridgehead atoms. The SMILES string of the molecule is C=Cn1cc(CN2CCC[C@@H](c3cc4ccccc4c(=O)[nH]3)C2)c(C)n1. The Balaban J connectivity index is 1.56. The van der Waals surface area contributed by atoms with E-state index in [9.17, 15) is 4.79 Å². The van der Waals surface area contributed by atoms with Crippen LogP contribution in [-0.4, -0.2) is 32.8 Å². The van der Waals surface area contributed by atoms with Crippen LogP contribution in [-0.2, 0) is 6.54 Å². The van der Waals surface area contributed by atoms with Crippen LogP contribution in [0.15, 0.2) is 47.9 Å². The zero-order chi connectivity index (χ0) is 18.1. The van der Waals surface area contributed by atoms with Crippen LogP contribution < -0.4 is 5.56 Å². The van der Waals surface area contributed by atoms with Crippen LogP contribution >= 0.6 is 0 Å². The predicted octanol–water partition coefficient (Wildman–Crippen LogP) is 3.51. The molecule has 0 saturated carbocycles.